The molecule has 1 heterocycles. The number of nitrogens with zero attached hydrogens (tertiary/aromatic N) is 1. The molecule has 3 aromatic carbocycles. The van der Waals surface area contributed by atoms with Crippen molar-refractivity contribution in [2.75, 3.05) is 5.75 Å². The molecule has 0 saturated heterocycles. The van der Waals surface area contributed by atoms with Crippen LogP contribution in [0.25, 0.3) is 11.1 Å². The third-order valence-electron chi connectivity index (χ3n) is 5.77. The number of carboxylic acid groups (broad SMARTS) is 1. The predicted octanol–water partition coefficient (Wildman–Crippen LogP) is 6.84. The van der Waals surface area contributed by atoms with Gasteiger partial charge in [-0.25, -0.2) is 8.42 Å². The average Bonchev–Trinajstić information content (AvgIpc) is 3.37. The van der Waals surface area contributed by atoms with Crippen molar-refractivity contribution in [3.8, 4) is 11.1 Å². The summed E-state index contributed by atoms with van der Waals surface area (Å²) in [6.07, 6.45) is -4.68. The molecule has 4 aromatic rings. The van der Waals surface area contributed by atoms with E-state index in [4.69, 9.17) is 9.52 Å². The fourth-order valence-corrected chi connectivity index (χ4v) is 5.86. The topological polar surface area (TPSA) is 87.8 Å². The lowest BCUT2D eigenvalue weighted by Gasteiger charge is -2.22. The van der Waals surface area contributed by atoms with E-state index in [1.54, 1.807) is 24.3 Å². The summed E-state index contributed by atoms with van der Waals surface area (Å²) < 4.78 is 72.2. The molecule has 0 aliphatic rings. The van der Waals surface area contributed by atoms with E-state index in [9.17, 15) is 26.4 Å². The highest BCUT2D eigenvalue weighted by Crippen LogP contribution is 2.32. The van der Waals surface area contributed by atoms with Crippen LogP contribution in [0.5, 0.6) is 0 Å². The predicted molar refractivity (Wildman–Crippen MR) is 142 cm³/mol. The van der Waals surface area contributed by atoms with E-state index in [0.29, 0.717) is 5.56 Å². The maximum Gasteiger partial charge on any atom is 0.449 e. The van der Waals surface area contributed by atoms with Crippen LogP contribution in [0, 0.1) is 6.92 Å². The van der Waals surface area contributed by atoms with Crippen molar-refractivity contribution < 1.29 is 35.9 Å². The van der Waals surface area contributed by atoms with E-state index in [2.05, 4.69) is 0 Å². The van der Waals surface area contributed by atoms with Gasteiger partial charge in [0.1, 0.15) is 5.76 Å². The van der Waals surface area contributed by atoms with E-state index in [0.717, 1.165) is 38.0 Å². The van der Waals surface area contributed by atoms with Gasteiger partial charge in [0, 0.05) is 11.4 Å². The summed E-state index contributed by atoms with van der Waals surface area (Å²) in [7, 11) is -4.08. The second-order valence-corrected chi connectivity index (χ2v) is 11.7. The van der Waals surface area contributed by atoms with Crippen LogP contribution in [-0.4, -0.2) is 29.6 Å². The van der Waals surface area contributed by atoms with Crippen LogP contribution >= 0.6 is 11.8 Å². The number of carbonyl (C=O) groups is 1. The first kappa shape index (κ1) is 28.5. The highest BCUT2D eigenvalue weighted by atomic mass is 32.2. The molecule has 0 spiro atoms. The molecule has 0 unspecified atom stereocenters. The number of alkyl halides is 3. The van der Waals surface area contributed by atoms with Gasteiger partial charge in [-0.1, -0.05) is 54.1 Å². The molecule has 1 N–H and O–H groups in total. The summed E-state index contributed by atoms with van der Waals surface area (Å²) in [4.78, 5) is 11.7. The first-order valence-corrected chi connectivity index (χ1v) is 14.1. The largest absolute Gasteiger partial charge is 0.481 e. The van der Waals surface area contributed by atoms with Crippen molar-refractivity contribution in [3.05, 3.63) is 108 Å². The van der Waals surface area contributed by atoms with Gasteiger partial charge in [0.15, 0.2) is 0 Å². The Morgan fingerprint density at radius 2 is 1.62 bits per heavy atom. The van der Waals surface area contributed by atoms with E-state index < -0.39 is 34.5 Å². The zero-order chi connectivity index (χ0) is 28.2. The third-order valence-corrected chi connectivity index (χ3v) is 8.56. The number of rotatable bonds is 10. The second-order valence-electron chi connectivity index (χ2n) is 8.76. The summed E-state index contributed by atoms with van der Waals surface area (Å²) in [5, 5.41) is 8.91. The molecule has 204 valence electrons. The zero-order valence-electron chi connectivity index (χ0n) is 20.7. The summed E-state index contributed by atoms with van der Waals surface area (Å²) in [6.45, 7) is 1.32. The molecule has 0 saturated carbocycles. The Morgan fingerprint density at radius 3 is 2.23 bits per heavy atom. The van der Waals surface area contributed by atoms with Crippen LogP contribution in [0.3, 0.4) is 0 Å². The van der Waals surface area contributed by atoms with Crippen LogP contribution in [0.2, 0.25) is 0 Å². The van der Waals surface area contributed by atoms with Gasteiger partial charge >= 0.3 is 12.1 Å². The van der Waals surface area contributed by atoms with Crippen molar-refractivity contribution in [1.29, 1.82) is 0 Å². The zero-order valence-corrected chi connectivity index (χ0v) is 22.3. The number of sulfonamides is 1. The molecular weight excluding hydrogens is 551 g/mol. The number of halogens is 3. The Kier molecular flexibility index (Phi) is 8.53. The minimum absolute atomic E-state index is 0.0167. The lowest BCUT2D eigenvalue weighted by Crippen LogP contribution is -2.30. The SMILES string of the molecule is Cc1ccc(S(=O)(=O)N(Cc2ccc(-c3cccc(SCC(=O)O)c3)cc2)Cc2ccc(C(F)(F)F)o2)cc1. The molecule has 0 aliphatic heterocycles. The highest BCUT2D eigenvalue weighted by Gasteiger charge is 2.35. The standard InChI is InChI=1S/C28H24F3NO5S2/c1-19-5-12-25(13-6-19)39(35,36)32(17-23-11-14-26(37-23)28(29,30)31)16-20-7-9-21(10-8-20)22-3-2-4-24(15-22)38-18-27(33)34/h2-15H,16-18H2,1H3,(H,33,34). The molecule has 0 aliphatic carbocycles. The Bertz CT molecular complexity index is 1550. The van der Waals surface area contributed by atoms with Gasteiger partial charge in [-0.05, 0) is 60.0 Å². The molecule has 6 nitrogen and oxygen atoms in total. The monoisotopic (exact) mass is 575 g/mol. The van der Waals surface area contributed by atoms with Crippen LogP contribution in [0.15, 0.2) is 99.1 Å². The van der Waals surface area contributed by atoms with Crippen molar-refractivity contribution in [1.82, 2.24) is 4.31 Å². The average molecular weight is 576 g/mol. The number of furan rings is 1. The van der Waals surface area contributed by atoms with E-state index >= 15 is 0 Å². The maximum absolute atomic E-state index is 13.5. The quantitative estimate of drug-likeness (QED) is 0.208. The second kappa shape index (κ2) is 11.7. The molecule has 0 bridgehead atoms. The summed E-state index contributed by atoms with van der Waals surface area (Å²) in [5.74, 6) is -2.30. The van der Waals surface area contributed by atoms with Crippen LogP contribution < -0.4 is 0 Å². The Hall–Kier alpha value is -3.54. The minimum Gasteiger partial charge on any atom is -0.481 e. The Labute approximate surface area is 228 Å². The third kappa shape index (κ3) is 7.31. The smallest absolute Gasteiger partial charge is 0.449 e. The van der Waals surface area contributed by atoms with Gasteiger partial charge < -0.3 is 9.52 Å². The van der Waals surface area contributed by atoms with Gasteiger partial charge in [0.05, 0.1) is 17.2 Å². The summed E-state index contributed by atoms with van der Waals surface area (Å²) in [6, 6.07) is 22.6. The normalized spacial score (nSPS) is 12.1. The van der Waals surface area contributed by atoms with Gasteiger partial charge in [0.2, 0.25) is 15.8 Å². The van der Waals surface area contributed by atoms with Gasteiger partial charge in [-0.3, -0.25) is 4.79 Å². The number of hydrogen-bond donors (Lipinski definition) is 1. The summed E-state index contributed by atoms with van der Waals surface area (Å²) >= 11 is 1.20. The number of benzene rings is 3. The molecule has 0 amide bonds. The van der Waals surface area contributed by atoms with E-state index in [1.807, 2.05) is 43.3 Å². The van der Waals surface area contributed by atoms with Crippen LogP contribution in [-0.2, 0) is 34.1 Å². The van der Waals surface area contributed by atoms with E-state index in [1.165, 1.54) is 23.9 Å². The molecule has 0 atom stereocenters. The fraction of sp³-hybridized carbons (Fsp3) is 0.179. The molecule has 39 heavy (non-hydrogen) atoms. The maximum atomic E-state index is 13.5. The Morgan fingerprint density at radius 1 is 0.923 bits per heavy atom. The van der Waals surface area contributed by atoms with Crippen LogP contribution in [0.1, 0.15) is 22.6 Å². The molecule has 0 radical (unpaired) electrons. The number of aryl methyl sites for hydroxylation is 1. The first-order chi connectivity index (χ1) is 18.4. The van der Waals surface area contributed by atoms with Crippen molar-refractivity contribution in [3.63, 3.8) is 0 Å². The molecule has 11 heteroatoms. The van der Waals surface area contributed by atoms with Crippen molar-refractivity contribution >= 4 is 27.8 Å². The molecular formula is C28H24F3NO5S2. The van der Waals surface area contributed by atoms with Crippen molar-refractivity contribution in [2.24, 2.45) is 0 Å². The number of thioether (sulfide) groups is 1. The summed E-state index contributed by atoms with van der Waals surface area (Å²) in [5.41, 5.74) is 3.18. The van der Waals surface area contributed by atoms with Gasteiger partial charge in [0.25, 0.3) is 0 Å². The number of aliphatic carboxylic acids is 1. The lowest BCUT2D eigenvalue weighted by atomic mass is 10.0. The lowest BCUT2D eigenvalue weighted by molar-refractivity contribution is -0.153. The van der Waals surface area contributed by atoms with Crippen LogP contribution in [0.4, 0.5) is 13.2 Å². The fourth-order valence-electron chi connectivity index (χ4n) is 3.79. The minimum atomic E-state index is -4.68. The molecule has 4 rings (SSSR count). The first-order valence-electron chi connectivity index (χ1n) is 11.7. The van der Waals surface area contributed by atoms with Gasteiger partial charge in [-0.15, -0.1) is 11.8 Å². The highest BCUT2D eigenvalue weighted by molar-refractivity contribution is 8.00. The Balaban J connectivity index is 1.60. The van der Waals surface area contributed by atoms with Gasteiger partial charge in [-0.2, -0.15) is 17.5 Å². The van der Waals surface area contributed by atoms with Crippen molar-refractivity contribution in [2.45, 2.75) is 36.0 Å². The molecule has 1 aromatic heterocycles. The number of hydrogen-bond acceptors (Lipinski definition) is 5. The number of carboxylic acids is 1. The van der Waals surface area contributed by atoms with E-state index in [-0.39, 0.29) is 23.0 Å². The molecule has 0 fully saturated rings.